The van der Waals surface area contributed by atoms with Crippen LogP contribution in [0.1, 0.15) is 84.5 Å². The lowest BCUT2D eigenvalue weighted by Gasteiger charge is -2.20. The van der Waals surface area contributed by atoms with E-state index in [9.17, 15) is 22.8 Å². The minimum atomic E-state index is -4.71. The number of carboxylic acid groups (broad SMARTS) is 1. The van der Waals surface area contributed by atoms with E-state index in [1.54, 1.807) is 6.07 Å². The van der Waals surface area contributed by atoms with Crippen molar-refractivity contribution in [2.45, 2.75) is 77.1 Å². The summed E-state index contributed by atoms with van der Waals surface area (Å²) in [5.74, 6) is -1.84. The third-order valence-corrected chi connectivity index (χ3v) is 6.73. The van der Waals surface area contributed by atoms with Crippen LogP contribution in [0.15, 0.2) is 42.7 Å². The maximum atomic E-state index is 13.6. The molecule has 2 aromatic heterocycles. The summed E-state index contributed by atoms with van der Waals surface area (Å²) < 4.78 is 44.7. The Morgan fingerprint density at radius 2 is 1.92 bits per heavy atom. The van der Waals surface area contributed by atoms with E-state index in [4.69, 9.17) is 5.11 Å². The van der Waals surface area contributed by atoms with Crippen LogP contribution in [-0.2, 0) is 30.2 Å². The van der Waals surface area contributed by atoms with Crippen molar-refractivity contribution in [2.75, 3.05) is 5.32 Å². The summed E-state index contributed by atoms with van der Waals surface area (Å²) in [6, 6.07) is 6.97. The second-order valence-electron chi connectivity index (χ2n) is 9.65. The lowest BCUT2D eigenvalue weighted by molar-refractivity contribution is -0.137. The molecule has 0 spiro atoms. The molecule has 1 aliphatic rings. The van der Waals surface area contributed by atoms with E-state index in [1.165, 1.54) is 12.8 Å². The maximum Gasteiger partial charge on any atom is 0.418 e. The molecule has 0 aliphatic heterocycles. The molecule has 2 heterocycles. The quantitative estimate of drug-likeness (QED) is 0.324. The number of halogens is 3. The van der Waals surface area contributed by atoms with Crippen molar-refractivity contribution in [3.63, 3.8) is 0 Å². The molecule has 3 aromatic rings. The van der Waals surface area contributed by atoms with E-state index >= 15 is 0 Å². The molecule has 37 heavy (non-hydrogen) atoms. The Kier molecular flexibility index (Phi) is 7.75. The van der Waals surface area contributed by atoms with Crippen molar-refractivity contribution in [3.8, 4) is 0 Å². The number of aliphatic carboxylic acids is 1. The molecule has 1 fully saturated rings. The number of rotatable bonds is 11. The number of carboxylic acids is 1. The zero-order valence-corrected chi connectivity index (χ0v) is 20.9. The average molecular weight is 517 g/mol. The lowest BCUT2D eigenvalue weighted by Crippen LogP contribution is -2.22. The highest BCUT2D eigenvalue weighted by atomic mass is 19.4. The third kappa shape index (κ3) is 6.42. The molecule has 4 rings (SSSR count). The van der Waals surface area contributed by atoms with Crippen LogP contribution in [0.3, 0.4) is 0 Å². The standard InChI is InChI=1S/C27H31F3N4O3/c1-3-17(2)34-21(6-4-5-19-15-31-33(16-19)20-8-9-20)10-12-24(34)26(37)32-23-13-18(14-25(35)36)7-11-22(23)27(28,29)30/h7,10-13,15-17,20H,3-6,8-9,14H2,1-2H3,(H,32,37)(H,35,36)/t17-/m0/s1. The number of nitrogens with one attached hydrogen (secondary N) is 1. The molecular weight excluding hydrogens is 485 g/mol. The van der Waals surface area contributed by atoms with E-state index in [0.717, 1.165) is 48.7 Å². The zero-order valence-electron chi connectivity index (χ0n) is 20.9. The molecule has 1 aliphatic carbocycles. The van der Waals surface area contributed by atoms with Crippen molar-refractivity contribution in [3.05, 3.63) is 70.8 Å². The van der Waals surface area contributed by atoms with E-state index in [1.807, 2.05) is 35.4 Å². The first-order valence-corrected chi connectivity index (χ1v) is 12.5. The van der Waals surface area contributed by atoms with E-state index < -0.39 is 35.7 Å². The minimum Gasteiger partial charge on any atom is -0.481 e. The summed E-state index contributed by atoms with van der Waals surface area (Å²) in [5, 5.41) is 15.8. The van der Waals surface area contributed by atoms with Crippen LogP contribution in [0, 0.1) is 0 Å². The Bertz CT molecular complexity index is 1270. The first-order chi connectivity index (χ1) is 17.6. The number of amides is 1. The van der Waals surface area contributed by atoms with Crippen molar-refractivity contribution in [1.29, 1.82) is 0 Å². The molecule has 7 nitrogen and oxygen atoms in total. The number of benzene rings is 1. The number of anilines is 1. The van der Waals surface area contributed by atoms with Gasteiger partial charge in [-0.1, -0.05) is 13.0 Å². The number of alkyl halides is 3. The molecule has 10 heteroatoms. The van der Waals surface area contributed by atoms with Crippen molar-refractivity contribution >= 4 is 17.6 Å². The van der Waals surface area contributed by atoms with Crippen LogP contribution < -0.4 is 5.32 Å². The number of carbonyl (C=O) groups excluding carboxylic acids is 1. The van der Waals surface area contributed by atoms with Crippen LogP contribution in [0.4, 0.5) is 18.9 Å². The van der Waals surface area contributed by atoms with Gasteiger partial charge in [-0.05, 0) is 80.8 Å². The molecular formula is C27H31F3N4O3. The molecule has 0 bridgehead atoms. The summed E-state index contributed by atoms with van der Waals surface area (Å²) >= 11 is 0. The van der Waals surface area contributed by atoms with Crippen LogP contribution in [0.25, 0.3) is 0 Å². The lowest BCUT2D eigenvalue weighted by atomic mass is 10.1. The van der Waals surface area contributed by atoms with Gasteiger partial charge in [0.2, 0.25) is 0 Å². The second kappa shape index (κ2) is 10.8. The second-order valence-corrected chi connectivity index (χ2v) is 9.65. The Labute approximate surface area is 213 Å². The van der Waals surface area contributed by atoms with Gasteiger partial charge in [-0.2, -0.15) is 18.3 Å². The third-order valence-electron chi connectivity index (χ3n) is 6.73. The summed E-state index contributed by atoms with van der Waals surface area (Å²) in [6.45, 7) is 3.95. The predicted molar refractivity (Wildman–Crippen MR) is 133 cm³/mol. The number of aromatic nitrogens is 3. The molecule has 0 unspecified atom stereocenters. The predicted octanol–water partition coefficient (Wildman–Crippen LogP) is 6.06. The van der Waals surface area contributed by atoms with Gasteiger partial charge in [0, 0.05) is 17.9 Å². The van der Waals surface area contributed by atoms with Gasteiger partial charge in [-0.3, -0.25) is 14.3 Å². The first-order valence-electron chi connectivity index (χ1n) is 12.5. The van der Waals surface area contributed by atoms with E-state index in [-0.39, 0.29) is 17.3 Å². The molecule has 2 N–H and O–H groups in total. The van der Waals surface area contributed by atoms with Crippen LogP contribution in [-0.4, -0.2) is 31.3 Å². The van der Waals surface area contributed by atoms with E-state index in [2.05, 4.69) is 16.6 Å². The maximum absolute atomic E-state index is 13.6. The summed E-state index contributed by atoms with van der Waals surface area (Å²) in [5.41, 5.74) is 1.05. The fourth-order valence-electron chi connectivity index (χ4n) is 4.51. The van der Waals surface area contributed by atoms with Crippen LogP contribution >= 0.6 is 0 Å². The van der Waals surface area contributed by atoms with Crippen LogP contribution in [0.2, 0.25) is 0 Å². The van der Waals surface area contributed by atoms with Gasteiger partial charge in [0.25, 0.3) is 5.91 Å². The zero-order chi connectivity index (χ0) is 26.7. The fraction of sp³-hybridized carbons (Fsp3) is 0.444. The Balaban J connectivity index is 1.53. The van der Waals surface area contributed by atoms with E-state index in [0.29, 0.717) is 12.5 Å². The Hall–Kier alpha value is -3.56. The molecule has 198 valence electrons. The first kappa shape index (κ1) is 26.5. The molecule has 1 aromatic carbocycles. The highest BCUT2D eigenvalue weighted by molar-refractivity contribution is 6.04. The van der Waals surface area contributed by atoms with Gasteiger partial charge >= 0.3 is 12.1 Å². The molecule has 0 radical (unpaired) electrons. The largest absolute Gasteiger partial charge is 0.481 e. The summed E-state index contributed by atoms with van der Waals surface area (Å²) in [7, 11) is 0. The SMILES string of the molecule is CC[C@H](C)n1c(CCCc2cnn(C3CC3)c2)ccc1C(=O)Nc1cc(CC(=O)O)ccc1C(F)(F)F. The fourth-order valence-corrected chi connectivity index (χ4v) is 4.51. The molecule has 1 atom stereocenters. The minimum absolute atomic E-state index is 0.0382. The number of hydrogen-bond acceptors (Lipinski definition) is 3. The highest BCUT2D eigenvalue weighted by Crippen LogP contribution is 2.36. The average Bonchev–Trinajstić information content (AvgIpc) is 3.41. The number of nitrogens with zero attached hydrogens (tertiary/aromatic N) is 3. The molecule has 1 saturated carbocycles. The topological polar surface area (TPSA) is 89.2 Å². The molecule has 1 amide bonds. The number of carbonyl (C=O) groups is 2. The number of aryl methyl sites for hydroxylation is 2. The number of hydrogen-bond donors (Lipinski definition) is 2. The Morgan fingerprint density at radius 3 is 2.57 bits per heavy atom. The molecule has 0 saturated heterocycles. The highest BCUT2D eigenvalue weighted by Gasteiger charge is 2.34. The van der Waals surface area contributed by atoms with Gasteiger partial charge in [-0.25, -0.2) is 0 Å². The summed E-state index contributed by atoms with van der Waals surface area (Å²) in [6.07, 6.45) is 4.27. The Morgan fingerprint density at radius 1 is 1.16 bits per heavy atom. The smallest absolute Gasteiger partial charge is 0.418 e. The van der Waals surface area contributed by atoms with Crippen LogP contribution in [0.5, 0.6) is 0 Å². The normalized spacial score (nSPS) is 14.5. The van der Waals surface area contributed by atoms with Gasteiger partial charge in [0.15, 0.2) is 0 Å². The van der Waals surface area contributed by atoms with Gasteiger partial charge in [-0.15, -0.1) is 0 Å². The van der Waals surface area contributed by atoms with Crippen molar-refractivity contribution < 1.29 is 27.9 Å². The van der Waals surface area contributed by atoms with Gasteiger partial charge in [0.1, 0.15) is 5.69 Å². The summed E-state index contributed by atoms with van der Waals surface area (Å²) in [4.78, 5) is 24.3. The monoisotopic (exact) mass is 516 g/mol. The van der Waals surface area contributed by atoms with Gasteiger partial charge in [0.05, 0.1) is 29.9 Å². The van der Waals surface area contributed by atoms with Crippen molar-refractivity contribution in [1.82, 2.24) is 14.3 Å². The van der Waals surface area contributed by atoms with Gasteiger partial charge < -0.3 is 15.0 Å². The van der Waals surface area contributed by atoms with Crippen molar-refractivity contribution in [2.24, 2.45) is 0 Å².